The Labute approximate surface area is 151 Å². The van der Waals surface area contributed by atoms with Gasteiger partial charge in [0.15, 0.2) is 11.7 Å². The van der Waals surface area contributed by atoms with Crippen molar-refractivity contribution in [3.63, 3.8) is 0 Å². The van der Waals surface area contributed by atoms with Crippen LogP contribution in [-0.2, 0) is 6.54 Å². The molecule has 0 atom stereocenters. The molecule has 0 saturated carbocycles. The topological polar surface area (TPSA) is 68.9 Å². The Hall–Kier alpha value is -1.60. The molecule has 142 valence electrons. The molecule has 7 heteroatoms. The molecule has 1 aliphatic rings. The minimum Gasteiger partial charge on any atom is -0.359 e. The van der Waals surface area contributed by atoms with Gasteiger partial charge in [0.2, 0.25) is 0 Å². The smallest absolute Gasteiger partial charge is 0.191 e. The van der Waals surface area contributed by atoms with Crippen molar-refractivity contribution in [3.8, 4) is 0 Å². The molecule has 1 saturated heterocycles. The van der Waals surface area contributed by atoms with Crippen molar-refractivity contribution in [1.82, 2.24) is 25.6 Å². The van der Waals surface area contributed by atoms with Gasteiger partial charge in [0.05, 0.1) is 5.69 Å². The maximum Gasteiger partial charge on any atom is 0.191 e. The summed E-state index contributed by atoms with van der Waals surface area (Å²) in [5.41, 5.74) is 0.981. The van der Waals surface area contributed by atoms with E-state index < -0.39 is 0 Å². The van der Waals surface area contributed by atoms with Gasteiger partial charge in [-0.05, 0) is 19.4 Å². The lowest BCUT2D eigenvalue weighted by Gasteiger charge is -2.34. The van der Waals surface area contributed by atoms with Gasteiger partial charge in [-0.3, -0.25) is 4.90 Å². The minimum absolute atomic E-state index is 0.376. The number of aromatic nitrogens is 1. The van der Waals surface area contributed by atoms with Crippen molar-refractivity contribution in [2.75, 3.05) is 52.4 Å². The molecular weight excluding hydrogens is 316 g/mol. The maximum absolute atomic E-state index is 5.35. The molecule has 2 rings (SSSR count). The zero-order valence-electron chi connectivity index (χ0n) is 16.2. The lowest BCUT2D eigenvalue weighted by Crippen LogP contribution is -2.49. The van der Waals surface area contributed by atoms with Crippen molar-refractivity contribution in [2.45, 2.75) is 40.2 Å². The summed E-state index contributed by atoms with van der Waals surface area (Å²) in [6.07, 6.45) is 0. The van der Waals surface area contributed by atoms with E-state index in [1.165, 1.54) is 13.1 Å². The second-order valence-electron chi connectivity index (χ2n) is 6.77. The number of guanidine groups is 1. The predicted octanol–water partition coefficient (Wildman–Crippen LogP) is 1.49. The second-order valence-corrected chi connectivity index (χ2v) is 6.77. The molecule has 0 radical (unpaired) electrons. The number of likely N-dealkylation sites (N-methyl/N-ethyl adjacent to an activating group) is 1. The fourth-order valence-electron chi connectivity index (χ4n) is 2.84. The quantitative estimate of drug-likeness (QED) is 0.547. The number of nitrogens with one attached hydrogen (secondary N) is 2. The molecule has 7 nitrogen and oxygen atoms in total. The molecule has 0 unspecified atom stereocenters. The van der Waals surface area contributed by atoms with E-state index in [0.29, 0.717) is 12.5 Å². The van der Waals surface area contributed by atoms with Gasteiger partial charge in [0, 0.05) is 51.9 Å². The highest BCUT2D eigenvalue weighted by Gasteiger charge is 2.14. The van der Waals surface area contributed by atoms with Crippen molar-refractivity contribution in [1.29, 1.82) is 0 Å². The van der Waals surface area contributed by atoms with E-state index in [-0.39, 0.29) is 0 Å². The summed E-state index contributed by atoms with van der Waals surface area (Å²) in [7, 11) is 0. The van der Waals surface area contributed by atoms with Crippen LogP contribution in [0.5, 0.6) is 0 Å². The number of hydrogen-bond acceptors (Lipinski definition) is 5. The molecule has 0 aromatic carbocycles. The number of nitrogens with zero attached hydrogens (tertiary/aromatic N) is 4. The summed E-state index contributed by atoms with van der Waals surface area (Å²) in [4.78, 5) is 9.60. The fraction of sp³-hybridized carbons (Fsp3) is 0.778. The molecule has 0 aliphatic carbocycles. The van der Waals surface area contributed by atoms with E-state index in [1.54, 1.807) is 0 Å². The first-order valence-corrected chi connectivity index (χ1v) is 9.54. The van der Waals surface area contributed by atoms with Crippen LogP contribution in [-0.4, -0.2) is 73.3 Å². The second kappa shape index (κ2) is 10.4. The van der Waals surface area contributed by atoms with Crippen LogP contribution in [0.3, 0.4) is 0 Å². The third-order valence-electron chi connectivity index (χ3n) is 4.54. The Kier molecular flexibility index (Phi) is 8.21. The number of piperazine rings is 1. The highest BCUT2D eigenvalue weighted by Crippen LogP contribution is 2.14. The molecular formula is C18H34N6O. The highest BCUT2D eigenvalue weighted by molar-refractivity contribution is 5.79. The van der Waals surface area contributed by atoms with E-state index in [4.69, 9.17) is 4.52 Å². The minimum atomic E-state index is 0.376. The Morgan fingerprint density at radius 1 is 1.20 bits per heavy atom. The molecule has 0 amide bonds. The van der Waals surface area contributed by atoms with E-state index in [1.807, 2.05) is 6.07 Å². The Morgan fingerprint density at radius 2 is 1.92 bits per heavy atom. The molecule has 1 fully saturated rings. The molecule has 2 N–H and O–H groups in total. The van der Waals surface area contributed by atoms with Crippen molar-refractivity contribution >= 4 is 5.96 Å². The van der Waals surface area contributed by atoms with Crippen LogP contribution >= 0.6 is 0 Å². The van der Waals surface area contributed by atoms with Crippen LogP contribution in [0.2, 0.25) is 0 Å². The summed E-state index contributed by atoms with van der Waals surface area (Å²) in [6.45, 7) is 17.6. The van der Waals surface area contributed by atoms with Crippen LogP contribution in [0, 0.1) is 0 Å². The molecule has 1 aromatic heterocycles. The van der Waals surface area contributed by atoms with Crippen LogP contribution in [0.1, 0.15) is 45.1 Å². The average Bonchev–Trinajstić information content (AvgIpc) is 3.09. The summed E-state index contributed by atoms with van der Waals surface area (Å²) < 4.78 is 5.35. The largest absolute Gasteiger partial charge is 0.359 e. The summed E-state index contributed by atoms with van der Waals surface area (Å²) in [5.74, 6) is 2.01. The predicted molar refractivity (Wildman–Crippen MR) is 102 cm³/mol. The standard InChI is InChI=1S/C18H34N6O/c1-5-19-18(21-14-16-13-17(15(3)4)22-25-16)20-7-8-24-11-9-23(6-2)10-12-24/h13,15H,5-12,14H2,1-4H3,(H2,19,20,21). The molecule has 0 bridgehead atoms. The van der Waals surface area contributed by atoms with Gasteiger partial charge in [-0.1, -0.05) is 25.9 Å². The van der Waals surface area contributed by atoms with Gasteiger partial charge in [-0.25, -0.2) is 4.99 Å². The first-order chi connectivity index (χ1) is 12.1. The van der Waals surface area contributed by atoms with Gasteiger partial charge in [-0.15, -0.1) is 0 Å². The van der Waals surface area contributed by atoms with E-state index in [9.17, 15) is 0 Å². The molecule has 1 aliphatic heterocycles. The molecule has 25 heavy (non-hydrogen) atoms. The van der Waals surface area contributed by atoms with Crippen LogP contribution < -0.4 is 10.6 Å². The fourth-order valence-corrected chi connectivity index (χ4v) is 2.84. The Bertz CT molecular complexity index is 519. The summed E-state index contributed by atoms with van der Waals surface area (Å²) in [5, 5.41) is 10.8. The SMILES string of the molecule is CCNC(=NCc1cc(C(C)C)no1)NCCN1CCN(CC)CC1. The molecule has 0 spiro atoms. The monoisotopic (exact) mass is 350 g/mol. The van der Waals surface area contributed by atoms with Gasteiger partial charge in [0.1, 0.15) is 6.54 Å². The first-order valence-electron chi connectivity index (χ1n) is 9.54. The van der Waals surface area contributed by atoms with Crippen LogP contribution in [0.4, 0.5) is 0 Å². The van der Waals surface area contributed by atoms with Crippen LogP contribution in [0.25, 0.3) is 0 Å². The first kappa shape index (κ1) is 19.7. The van der Waals surface area contributed by atoms with Crippen molar-refractivity contribution in [2.24, 2.45) is 4.99 Å². The zero-order chi connectivity index (χ0) is 18.1. The zero-order valence-corrected chi connectivity index (χ0v) is 16.2. The third kappa shape index (κ3) is 6.66. The van der Waals surface area contributed by atoms with E-state index in [2.05, 4.69) is 58.3 Å². The van der Waals surface area contributed by atoms with E-state index >= 15 is 0 Å². The molecule has 1 aromatic rings. The average molecular weight is 351 g/mol. The van der Waals surface area contributed by atoms with Gasteiger partial charge in [-0.2, -0.15) is 0 Å². The van der Waals surface area contributed by atoms with Crippen molar-refractivity contribution < 1.29 is 4.52 Å². The highest BCUT2D eigenvalue weighted by atomic mass is 16.5. The third-order valence-corrected chi connectivity index (χ3v) is 4.54. The summed E-state index contributed by atoms with van der Waals surface area (Å²) >= 11 is 0. The van der Waals surface area contributed by atoms with E-state index in [0.717, 1.165) is 56.7 Å². The number of hydrogen-bond donors (Lipinski definition) is 2. The summed E-state index contributed by atoms with van der Waals surface area (Å²) in [6, 6.07) is 1.99. The van der Waals surface area contributed by atoms with Gasteiger partial charge >= 0.3 is 0 Å². The van der Waals surface area contributed by atoms with Crippen molar-refractivity contribution in [3.05, 3.63) is 17.5 Å². The number of aliphatic imine (C=N–C) groups is 1. The van der Waals surface area contributed by atoms with Gasteiger partial charge in [0.25, 0.3) is 0 Å². The van der Waals surface area contributed by atoms with Gasteiger partial charge < -0.3 is 20.1 Å². The lowest BCUT2D eigenvalue weighted by molar-refractivity contribution is 0.139. The molecule has 2 heterocycles. The Morgan fingerprint density at radius 3 is 2.52 bits per heavy atom. The maximum atomic E-state index is 5.35. The van der Waals surface area contributed by atoms with Crippen LogP contribution in [0.15, 0.2) is 15.6 Å². The Balaban J connectivity index is 1.75. The lowest BCUT2D eigenvalue weighted by atomic mass is 10.1. The number of rotatable bonds is 8. The normalized spacial score (nSPS) is 17.2.